The van der Waals surface area contributed by atoms with Crippen molar-refractivity contribution in [1.82, 2.24) is 9.55 Å². The molecule has 0 spiro atoms. The van der Waals surface area contributed by atoms with Crippen molar-refractivity contribution >= 4 is 23.2 Å². The Morgan fingerprint density at radius 3 is 2.72 bits per heavy atom. The van der Waals surface area contributed by atoms with Crippen molar-refractivity contribution in [3.8, 4) is 0 Å². The molecule has 0 aromatic carbocycles. The topological polar surface area (TPSA) is 75.5 Å². The number of nitrogens with zero attached hydrogens (tertiary/aromatic N) is 4. The maximum absolute atomic E-state index is 13.3. The molecule has 0 radical (unpaired) electrons. The van der Waals surface area contributed by atoms with Crippen LogP contribution in [0.5, 0.6) is 0 Å². The highest BCUT2D eigenvalue weighted by molar-refractivity contribution is 6.01. The Bertz CT molecular complexity index is 1130. The number of halogens is 3. The minimum Gasteiger partial charge on any atom is -0.366 e. The zero-order valence-corrected chi connectivity index (χ0v) is 17.7. The molecule has 2 aliphatic rings. The second-order valence-electron chi connectivity index (χ2n) is 8.44. The molecule has 4 rings (SSSR count). The van der Waals surface area contributed by atoms with Gasteiger partial charge in [-0.1, -0.05) is 6.92 Å². The van der Waals surface area contributed by atoms with E-state index in [0.717, 1.165) is 6.92 Å². The molecule has 0 unspecified atom stereocenters. The Balaban J connectivity index is 1.65. The quantitative estimate of drug-likeness (QED) is 0.658. The molecule has 2 aromatic rings. The number of aromatic nitrogens is 2. The van der Waals surface area contributed by atoms with Crippen LogP contribution in [0.1, 0.15) is 35.8 Å². The van der Waals surface area contributed by atoms with E-state index in [2.05, 4.69) is 4.98 Å². The van der Waals surface area contributed by atoms with Gasteiger partial charge >= 0.3 is 6.18 Å². The van der Waals surface area contributed by atoms with E-state index in [1.54, 1.807) is 30.1 Å². The van der Waals surface area contributed by atoms with Gasteiger partial charge in [0.05, 0.1) is 24.1 Å². The predicted octanol–water partition coefficient (Wildman–Crippen LogP) is 2.72. The van der Waals surface area contributed by atoms with Gasteiger partial charge in [0.2, 0.25) is 5.91 Å². The molecule has 0 aliphatic carbocycles. The Labute approximate surface area is 182 Å². The molecular formula is C22H23F3N4O3. The summed E-state index contributed by atoms with van der Waals surface area (Å²) in [6.45, 7) is 2.26. The van der Waals surface area contributed by atoms with Gasteiger partial charge in [-0.2, -0.15) is 13.2 Å². The molecule has 170 valence electrons. The Hall–Kier alpha value is -3.17. The summed E-state index contributed by atoms with van der Waals surface area (Å²) in [7, 11) is 1.75. The van der Waals surface area contributed by atoms with E-state index in [-0.39, 0.29) is 35.3 Å². The number of alkyl halides is 3. The molecule has 4 heterocycles. The van der Waals surface area contributed by atoms with Gasteiger partial charge in [-0.3, -0.25) is 19.3 Å². The highest BCUT2D eigenvalue weighted by Crippen LogP contribution is 2.39. The minimum atomic E-state index is -4.47. The van der Waals surface area contributed by atoms with E-state index in [1.807, 2.05) is 4.90 Å². The van der Waals surface area contributed by atoms with E-state index in [1.165, 1.54) is 17.0 Å². The van der Waals surface area contributed by atoms with Crippen molar-refractivity contribution in [3.63, 3.8) is 0 Å². The fourth-order valence-corrected chi connectivity index (χ4v) is 4.21. The van der Waals surface area contributed by atoms with E-state index in [9.17, 15) is 27.6 Å². The van der Waals surface area contributed by atoms with Crippen LogP contribution in [-0.2, 0) is 18.3 Å². The number of rotatable bonds is 5. The molecule has 10 heteroatoms. The molecule has 2 aromatic heterocycles. The van der Waals surface area contributed by atoms with Gasteiger partial charge in [0.25, 0.3) is 0 Å². The second-order valence-corrected chi connectivity index (χ2v) is 8.44. The van der Waals surface area contributed by atoms with Crippen molar-refractivity contribution in [2.24, 2.45) is 13.0 Å². The monoisotopic (exact) mass is 448 g/mol. The van der Waals surface area contributed by atoms with Crippen molar-refractivity contribution < 1.29 is 22.8 Å². The van der Waals surface area contributed by atoms with Crippen LogP contribution in [0.2, 0.25) is 0 Å². The number of aryl methyl sites for hydroxylation is 1. The fourth-order valence-electron chi connectivity index (χ4n) is 4.21. The molecule has 2 atom stereocenters. The first-order chi connectivity index (χ1) is 15.0. The largest absolute Gasteiger partial charge is 0.391 e. The number of ketones is 1. The van der Waals surface area contributed by atoms with Crippen molar-refractivity contribution in [2.75, 3.05) is 22.9 Å². The number of hydrogen-bond acceptors (Lipinski definition) is 5. The first-order valence-electron chi connectivity index (χ1n) is 10.4. The Morgan fingerprint density at radius 1 is 1.25 bits per heavy atom. The lowest BCUT2D eigenvalue weighted by Gasteiger charge is -2.36. The molecule has 7 nitrogen and oxygen atoms in total. The smallest absolute Gasteiger partial charge is 0.366 e. The van der Waals surface area contributed by atoms with Gasteiger partial charge < -0.3 is 9.47 Å². The Morgan fingerprint density at radius 2 is 2.00 bits per heavy atom. The summed E-state index contributed by atoms with van der Waals surface area (Å²) in [6.07, 6.45) is -1.42. The van der Waals surface area contributed by atoms with Crippen LogP contribution in [0.25, 0.3) is 0 Å². The van der Waals surface area contributed by atoms with Gasteiger partial charge in [-0.25, -0.2) is 4.98 Å². The number of amides is 1. The van der Waals surface area contributed by atoms with Gasteiger partial charge in [0.1, 0.15) is 5.69 Å². The molecule has 0 N–H and O–H groups in total. The minimum absolute atomic E-state index is 0.101. The van der Waals surface area contributed by atoms with Crippen LogP contribution in [0.3, 0.4) is 0 Å². The normalized spacial score (nSPS) is 18.5. The summed E-state index contributed by atoms with van der Waals surface area (Å²) in [5.41, 5.74) is 0.650. The summed E-state index contributed by atoms with van der Waals surface area (Å²) in [6, 6.07) is 4.27. The molecular weight excluding hydrogens is 425 g/mol. The van der Waals surface area contributed by atoms with Gasteiger partial charge in [-0.15, -0.1) is 0 Å². The number of fused-ring (bicyclic) bond motifs is 4. The SMILES string of the molecule is C[C@@H](CC(=O)c1ccc2c(n1)N(C(=O)Cc1cn(C)ccc1=O)[C@H]1CCN2C1)C(F)(F)F. The summed E-state index contributed by atoms with van der Waals surface area (Å²) in [4.78, 5) is 45.8. The summed E-state index contributed by atoms with van der Waals surface area (Å²) in [5.74, 6) is -2.58. The van der Waals surface area contributed by atoms with Crippen LogP contribution < -0.4 is 15.2 Å². The van der Waals surface area contributed by atoms with Gasteiger partial charge in [0.15, 0.2) is 17.0 Å². The molecule has 2 bridgehead atoms. The number of carbonyl (C=O) groups excluding carboxylic acids is 2. The molecule has 1 saturated heterocycles. The average molecular weight is 448 g/mol. The van der Waals surface area contributed by atoms with Crippen LogP contribution in [0, 0.1) is 5.92 Å². The predicted molar refractivity (Wildman–Crippen MR) is 112 cm³/mol. The van der Waals surface area contributed by atoms with E-state index < -0.39 is 24.3 Å². The van der Waals surface area contributed by atoms with Crippen molar-refractivity contribution in [3.05, 3.63) is 52.1 Å². The van der Waals surface area contributed by atoms with E-state index in [4.69, 9.17) is 0 Å². The van der Waals surface area contributed by atoms with Crippen LogP contribution in [0.4, 0.5) is 24.7 Å². The first-order valence-corrected chi connectivity index (χ1v) is 10.4. The lowest BCUT2D eigenvalue weighted by Crippen LogP contribution is -2.47. The first kappa shape index (κ1) is 22.0. The van der Waals surface area contributed by atoms with E-state index >= 15 is 0 Å². The third-order valence-corrected chi connectivity index (χ3v) is 6.04. The van der Waals surface area contributed by atoms with Gasteiger partial charge in [0, 0.05) is 50.6 Å². The zero-order valence-electron chi connectivity index (χ0n) is 17.7. The zero-order chi connectivity index (χ0) is 23.2. The van der Waals surface area contributed by atoms with Gasteiger partial charge in [-0.05, 0) is 18.6 Å². The molecule has 2 aliphatic heterocycles. The number of anilines is 2. The third-order valence-electron chi connectivity index (χ3n) is 6.04. The molecule has 32 heavy (non-hydrogen) atoms. The lowest BCUT2D eigenvalue weighted by atomic mass is 10.0. The van der Waals surface area contributed by atoms with E-state index in [0.29, 0.717) is 30.8 Å². The number of pyridine rings is 2. The lowest BCUT2D eigenvalue weighted by molar-refractivity contribution is -0.168. The standard InChI is InChI=1S/C22H23F3N4O3/c1-13(22(23,24)25)9-19(31)16-3-4-17-21(26-16)29(15-5-8-28(17)12-15)20(32)10-14-11-27(2)7-6-18(14)30/h3-4,6-7,11,13,15H,5,8-10,12H2,1-2H3/t13-,15-/m0/s1. The van der Waals surface area contributed by atoms with Crippen LogP contribution >= 0.6 is 0 Å². The number of Topliss-reactive ketones (excluding diaryl/α,β-unsaturated/α-hetero) is 1. The maximum atomic E-state index is 13.3. The van der Waals surface area contributed by atoms with Crippen LogP contribution in [-0.4, -0.2) is 46.5 Å². The average Bonchev–Trinajstić information content (AvgIpc) is 3.14. The summed E-state index contributed by atoms with van der Waals surface area (Å²) in [5, 5.41) is 0. The fraction of sp³-hybridized carbons (Fsp3) is 0.455. The molecule has 1 fully saturated rings. The summed E-state index contributed by atoms with van der Waals surface area (Å²) >= 11 is 0. The van der Waals surface area contributed by atoms with Crippen molar-refractivity contribution in [2.45, 2.75) is 38.4 Å². The molecule has 0 saturated carbocycles. The highest BCUT2D eigenvalue weighted by Gasteiger charge is 2.41. The molecule has 1 amide bonds. The summed E-state index contributed by atoms with van der Waals surface area (Å²) < 4.78 is 40.3. The maximum Gasteiger partial charge on any atom is 0.391 e. The third kappa shape index (κ3) is 4.13. The van der Waals surface area contributed by atoms with Crippen LogP contribution in [0.15, 0.2) is 35.4 Å². The number of hydrogen-bond donors (Lipinski definition) is 0. The number of carbonyl (C=O) groups is 2. The highest BCUT2D eigenvalue weighted by atomic mass is 19.4. The second kappa shape index (κ2) is 8.07. The Kier molecular flexibility index (Phi) is 5.56. The van der Waals surface area contributed by atoms with Crippen molar-refractivity contribution in [1.29, 1.82) is 0 Å².